The standard InChI is InChI=1S/C14H14N4O4S/c1-7(19)9-4-3-5-10(6-9)15-11(20)8(2)23-13-12(21)16-14(22)18-17-13/h3-6,8H,1-2H3,(H,15,20)(H2,16,18,21,22). The molecule has 1 atom stereocenters. The van der Waals surface area contributed by atoms with E-state index in [0.29, 0.717) is 11.3 Å². The highest BCUT2D eigenvalue weighted by Crippen LogP contribution is 2.19. The fraction of sp³-hybridized carbons (Fsp3) is 0.214. The Morgan fingerprint density at radius 1 is 1.30 bits per heavy atom. The molecule has 0 aliphatic rings. The Hall–Kier alpha value is -2.68. The predicted octanol–water partition coefficient (Wildman–Crippen LogP) is 0.780. The molecule has 0 bridgehead atoms. The van der Waals surface area contributed by atoms with Crippen molar-refractivity contribution < 1.29 is 9.59 Å². The quantitative estimate of drug-likeness (QED) is 0.548. The Bertz CT molecular complexity index is 858. The van der Waals surface area contributed by atoms with Gasteiger partial charge in [0, 0.05) is 11.3 Å². The van der Waals surface area contributed by atoms with Crippen LogP contribution in [0, 0.1) is 0 Å². The Labute approximate surface area is 134 Å². The molecule has 0 spiro atoms. The largest absolute Gasteiger partial charge is 0.342 e. The van der Waals surface area contributed by atoms with Gasteiger partial charge in [-0.15, -0.1) is 0 Å². The van der Waals surface area contributed by atoms with Gasteiger partial charge in [-0.25, -0.2) is 9.89 Å². The van der Waals surface area contributed by atoms with E-state index >= 15 is 0 Å². The molecule has 120 valence electrons. The number of anilines is 1. The van der Waals surface area contributed by atoms with E-state index in [1.54, 1.807) is 31.2 Å². The zero-order chi connectivity index (χ0) is 17.0. The molecule has 1 aromatic carbocycles. The maximum atomic E-state index is 12.1. The fourth-order valence-electron chi connectivity index (χ4n) is 1.70. The molecule has 2 rings (SSSR count). The van der Waals surface area contributed by atoms with Crippen molar-refractivity contribution in [3.8, 4) is 0 Å². The zero-order valence-corrected chi connectivity index (χ0v) is 13.2. The topological polar surface area (TPSA) is 125 Å². The van der Waals surface area contributed by atoms with E-state index in [9.17, 15) is 19.2 Å². The molecule has 1 amide bonds. The van der Waals surface area contributed by atoms with Crippen molar-refractivity contribution in [2.24, 2.45) is 0 Å². The Kier molecular flexibility index (Phi) is 5.12. The molecule has 23 heavy (non-hydrogen) atoms. The summed E-state index contributed by atoms with van der Waals surface area (Å²) in [5.74, 6) is -0.462. The third kappa shape index (κ3) is 4.39. The summed E-state index contributed by atoms with van der Waals surface area (Å²) in [6.45, 7) is 3.04. The minimum Gasteiger partial charge on any atom is -0.325 e. The number of aromatic nitrogens is 3. The highest BCUT2D eigenvalue weighted by Gasteiger charge is 2.18. The number of rotatable bonds is 5. The third-order valence-corrected chi connectivity index (χ3v) is 3.94. The van der Waals surface area contributed by atoms with Crippen LogP contribution in [-0.2, 0) is 4.79 Å². The second-order valence-electron chi connectivity index (χ2n) is 4.70. The number of hydrogen-bond acceptors (Lipinski definition) is 6. The number of H-pyrrole nitrogens is 2. The van der Waals surface area contributed by atoms with Crippen molar-refractivity contribution in [2.45, 2.75) is 24.1 Å². The number of benzene rings is 1. The SMILES string of the molecule is CC(=O)c1cccc(NC(=O)C(C)Sc2n[nH]c(=O)[nH]c2=O)c1. The zero-order valence-electron chi connectivity index (χ0n) is 12.4. The van der Waals surface area contributed by atoms with Gasteiger partial charge >= 0.3 is 5.69 Å². The number of nitrogens with one attached hydrogen (secondary N) is 3. The maximum Gasteiger partial charge on any atom is 0.342 e. The molecule has 9 heteroatoms. The third-order valence-electron chi connectivity index (χ3n) is 2.87. The van der Waals surface area contributed by atoms with E-state index in [1.807, 2.05) is 4.98 Å². The molecule has 1 aromatic heterocycles. The summed E-state index contributed by atoms with van der Waals surface area (Å²) in [4.78, 5) is 48.0. The first-order chi connectivity index (χ1) is 10.9. The lowest BCUT2D eigenvalue weighted by Crippen LogP contribution is -2.28. The number of carbonyl (C=O) groups is 2. The van der Waals surface area contributed by atoms with Crippen LogP contribution < -0.4 is 16.6 Å². The van der Waals surface area contributed by atoms with E-state index in [2.05, 4.69) is 15.5 Å². The van der Waals surface area contributed by atoms with Crippen LogP contribution in [0.4, 0.5) is 5.69 Å². The number of carbonyl (C=O) groups excluding carboxylic acids is 2. The summed E-state index contributed by atoms with van der Waals surface area (Å²) in [6.07, 6.45) is 0. The van der Waals surface area contributed by atoms with Crippen LogP contribution in [-0.4, -0.2) is 32.1 Å². The first-order valence-corrected chi connectivity index (χ1v) is 7.52. The van der Waals surface area contributed by atoms with Crippen LogP contribution in [0.1, 0.15) is 24.2 Å². The summed E-state index contributed by atoms with van der Waals surface area (Å²) in [7, 11) is 0. The smallest absolute Gasteiger partial charge is 0.325 e. The monoisotopic (exact) mass is 334 g/mol. The first-order valence-electron chi connectivity index (χ1n) is 6.64. The van der Waals surface area contributed by atoms with Crippen molar-refractivity contribution in [3.05, 3.63) is 50.7 Å². The van der Waals surface area contributed by atoms with Crippen LogP contribution in [0.3, 0.4) is 0 Å². The molecular formula is C14H14N4O4S. The van der Waals surface area contributed by atoms with Crippen LogP contribution in [0.5, 0.6) is 0 Å². The number of hydrogen-bond donors (Lipinski definition) is 3. The molecule has 0 saturated carbocycles. The van der Waals surface area contributed by atoms with E-state index < -0.39 is 16.5 Å². The van der Waals surface area contributed by atoms with Crippen molar-refractivity contribution >= 4 is 29.1 Å². The maximum absolute atomic E-state index is 12.1. The normalized spacial score (nSPS) is 11.7. The number of thioether (sulfide) groups is 1. The van der Waals surface area contributed by atoms with Gasteiger partial charge in [-0.3, -0.25) is 19.4 Å². The van der Waals surface area contributed by atoms with Gasteiger partial charge in [0.05, 0.1) is 5.25 Å². The number of nitrogens with zero attached hydrogens (tertiary/aromatic N) is 1. The van der Waals surface area contributed by atoms with E-state index in [0.717, 1.165) is 11.8 Å². The second kappa shape index (κ2) is 7.05. The minimum atomic E-state index is -0.711. The molecule has 1 unspecified atom stereocenters. The van der Waals surface area contributed by atoms with Gasteiger partial charge in [-0.05, 0) is 26.0 Å². The van der Waals surface area contributed by atoms with E-state index in [1.165, 1.54) is 6.92 Å². The Morgan fingerprint density at radius 2 is 2.04 bits per heavy atom. The Morgan fingerprint density at radius 3 is 2.70 bits per heavy atom. The van der Waals surface area contributed by atoms with Crippen LogP contribution in [0.15, 0.2) is 38.9 Å². The van der Waals surface area contributed by atoms with Crippen molar-refractivity contribution in [1.82, 2.24) is 15.2 Å². The fourth-order valence-corrected chi connectivity index (χ4v) is 2.45. The predicted molar refractivity (Wildman–Crippen MR) is 85.9 cm³/mol. The van der Waals surface area contributed by atoms with Gasteiger partial charge in [0.25, 0.3) is 5.56 Å². The first kappa shape index (κ1) is 16.7. The molecule has 0 radical (unpaired) electrons. The summed E-state index contributed by atoms with van der Waals surface area (Å²) < 4.78 is 0. The molecule has 0 aliphatic heterocycles. The molecule has 3 N–H and O–H groups in total. The Balaban J connectivity index is 2.08. The molecular weight excluding hydrogens is 320 g/mol. The van der Waals surface area contributed by atoms with Crippen molar-refractivity contribution in [2.75, 3.05) is 5.32 Å². The summed E-state index contributed by atoms with van der Waals surface area (Å²) in [6, 6.07) is 6.55. The molecule has 0 aliphatic carbocycles. The number of amides is 1. The number of Topliss-reactive ketones (excluding diaryl/α,β-unsaturated/α-hetero) is 1. The summed E-state index contributed by atoms with van der Waals surface area (Å²) in [5, 5.41) is 7.73. The van der Waals surface area contributed by atoms with Gasteiger partial charge < -0.3 is 5.32 Å². The molecule has 2 aromatic rings. The average Bonchev–Trinajstić information content (AvgIpc) is 2.50. The highest BCUT2D eigenvalue weighted by atomic mass is 32.2. The lowest BCUT2D eigenvalue weighted by molar-refractivity contribution is -0.115. The molecule has 1 heterocycles. The average molecular weight is 334 g/mol. The van der Waals surface area contributed by atoms with Crippen molar-refractivity contribution in [1.29, 1.82) is 0 Å². The lowest BCUT2D eigenvalue weighted by atomic mass is 10.1. The van der Waals surface area contributed by atoms with Crippen LogP contribution in [0.25, 0.3) is 0 Å². The lowest BCUT2D eigenvalue weighted by Gasteiger charge is -2.11. The van der Waals surface area contributed by atoms with Gasteiger partial charge in [-0.2, -0.15) is 5.10 Å². The summed E-state index contributed by atoms with van der Waals surface area (Å²) >= 11 is 0.913. The summed E-state index contributed by atoms with van der Waals surface area (Å²) in [5.41, 5.74) is -0.394. The van der Waals surface area contributed by atoms with Crippen molar-refractivity contribution in [3.63, 3.8) is 0 Å². The molecule has 0 fully saturated rings. The minimum absolute atomic E-state index is 0.00950. The highest BCUT2D eigenvalue weighted by molar-refractivity contribution is 8.00. The number of aromatic amines is 2. The van der Waals surface area contributed by atoms with Gasteiger partial charge in [0.2, 0.25) is 5.91 Å². The van der Waals surface area contributed by atoms with Gasteiger partial charge in [0.15, 0.2) is 10.8 Å². The van der Waals surface area contributed by atoms with Gasteiger partial charge in [0.1, 0.15) is 0 Å². The molecule has 8 nitrogen and oxygen atoms in total. The van der Waals surface area contributed by atoms with Crippen LogP contribution >= 0.6 is 11.8 Å². The van der Waals surface area contributed by atoms with E-state index in [-0.39, 0.29) is 16.7 Å². The second-order valence-corrected chi connectivity index (χ2v) is 6.03. The molecule has 0 saturated heterocycles. The number of ketones is 1. The van der Waals surface area contributed by atoms with E-state index in [4.69, 9.17) is 0 Å². The van der Waals surface area contributed by atoms with Crippen LogP contribution in [0.2, 0.25) is 0 Å². The van der Waals surface area contributed by atoms with Gasteiger partial charge in [-0.1, -0.05) is 23.9 Å².